The van der Waals surface area contributed by atoms with Crippen molar-refractivity contribution < 1.29 is 4.52 Å². The number of aromatic nitrogens is 5. The van der Waals surface area contributed by atoms with E-state index in [4.69, 9.17) is 4.52 Å². The van der Waals surface area contributed by atoms with E-state index in [-0.39, 0.29) is 0 Å². The van der Waals surface area contributed by atoms with Gasteiger partial charge < -0.3 is 9.84 Å². The molecule has 0 saturated heterocycles. The Labute approximate surface area is 148 Å². The molecule has 128 valence electrons. The summed E-state index contributed by atoms with van der Waals surface area (Å²) in [7, 11) is 0. The van der Waals surface area contributed by atoms with Gasteiger partial charge in [0, 0.05) is 29.5 Å². The van der Waals surface area contributed by atoms with Crippen LogP contribution in [0.3, 0.4) is 0 Å². The van der Waals surface area contributed by atoms with Crippen molar-refractivity contribution in [2.45, 2.75) is 20.0 Å². The summed E-state index contributed by atoms with van der Waals surface area (Å²) in [5, 5.41) is 12.9. The summed E-state index contributed by atoms with van der Waals surface area (Å²) < 4.78 is 7.03. The number of rotatable bonds is 3. The van der Waals surface area contributed by atoms with E-state index in [0.29, 0.717) is 13.1 Å². The van der Waals surface area contributed by atoms with Gasteiger partial charge in [0.15, 0.2) is 5.84 Å². The predicted molar refractivity (Wildman–Crippen MR) is 96.0 cm³/mol. The Morgan fingerprint density at radius 2 is 2.12 bits per heavy atom. The van der Waals surface area contributed by atoms with Crippen molar-refractivity contribution in [3.63, 3.8) is 0 Å². The molecule has 0 radical (unpaired) electrons. The summed E-state index contributed by atoms with van der Waals surface area (Å²) >= 11 is 0. The second kappa shape index (κ2) is 5.76. The number of aliphatic imine (C=N–C) groups is 1. The number of hydrogen-bond acceptors (Lipinski definition) is 7. The van der Waals surface area contributed by atoms with Gasteiger partial charge in [0.2, 0.25) is 0 Å². The van der Waals surface area contributed by atoms with Crippen LogP contribution in [0.2, 0.25) is 0 Å². The zero-order valence-electron chi connectivity index (χ0n) is 14.0. The van der Waals surface area contributed by atoms with Crippen molar-refractivity contribution in [1.29, 1.82) is 0 Å². The monoisotopic (exact) mass is 345 g/mol. The molecule has 0 amide bonds. The van der Waals surface area contributed by atoms with Gasteiger partial charge in [-0.05, 0) is 25.1 Å². The number of benzene rings is 1. The fourth-order valence-corrected chi connectivity index (χ4v) is 3.08. The van der Waals surface area contributed by atoms with Gasteiger partial charge in [0.1, 0.15) is 17.1 Å². The fourth-order valence-electron chi connectivity index (χ4n) is 3.08. The first-order valence-electron chi connectivity index (χ1n) is 8.26. The molecule has 1 aliphatic rings. The van der Waals surface area contributed by atoms with Gasteiger partial charge in [-0.25, -0.2) is 4.98 Å². The normalized spacial score (nSPS) is 13.0. The molecule has 0 saturated carbocycles. The number of amidine groups is 1. The smallest absolute Gasteiger partial charge is 0.154 e. The third kappa shape index (κ3) is 2.52. The quantitative estimate of drug-likeness (QED) is 0.613. The third-order valence-corrected chi connectivity index (χ3v) is 4.28. The Morgan fingerprint density at radius 1 is 1.19 bits per heavy atom. The third-order valence-electron chi connectivity index (χ3n) is 4.28. The van der Waals surface area contributed by atoms with Gasteiger partial charge >= 0.3 is 0 Å². The number of hydrogen-bond donors (Lipinski definition) is 1. The molecule has 3 aromatic heterocycles. The minimum absolute atomic E-state index is 0.558. The van der Waals surface area contributed by atoms with Crippen LogP contribution >= 0.6 is 0 Å². The van der Waals surface area contributed by atoms with Gasteiger partial charge in [0.25, 0.3) is 0 Å². The molecule has 0 bridgehead atoms. The van der Waals surface area contributed by atoms with E-state index in [1.54, 1.807) is 12.4 Å². The fraction of sp³-hybridized carbons (Fsp3) is 0.167. The highest BCUT2D eigenvalue weighted by Gasteiger charge is 2.18. The molecule has 5 rings (SSSR count). The van der Waals surface area contributed by atoms with E-state index in [0.717, 1.165) is 45.3 Å². The molecule has 0 spiro atoms. The number of fused-ring (bicyclic) bond motifs is 2. The molecule has 0 aliphatic carbocycles. The lowest BCUT2D eigenvalue weighted by atomic mass is 10.2. The summed E-state index contributed by atoms with van der Waals surface area (Å²) in [4.78, 5) is 13.1. The first-order valence-corrected chi connectivity index (χ1v) is 8.26. The molecule has 0 unspecified atom stereocenters. The van der Waals surface area contributed by atoms with Crippen molar-refractivity contribution in [2.24, 2.45) is 4.99 Å². The maximum atomic E-state index is 5.12. The van der Waals surface area contributed by atoms with Crippen molar-refractivity contribution in [1.82, 2.24) is 24.9 Å². The van der Waals surface area contributed by atoms with E-state index in [1.807, 2.05) is 42.1 Å². The van der Waals surface area contributed by atoms with Gasteiger partial charge in [-0.3, -0.25) is 14.7 Å². The topological polar surface area (TPSA) is 94.0 Å². The van der Waals surface area contributed by atoms with Crippen LogP contribution in [0.4, 0.5) is 5.69 Å². The van der Waals surface area contributed by atoms with E-state index in [9.17, 15) is 0 Å². The average molecular weight is 345 g/mol. The van der Waals surface area contributed by atoms with Gasteiger partial charge in [0.05, 0.1) is 30.5 Å². The lowest BCUT2D eigenvalue weighted by Crippen LogP contribution is -2.13. The zero-order chi connectivity index (χ0) is 17.5. The summed E-state index contributed by atoms with van der Waals surface area (Å²) in [5.74, 6) is 1.54. The van der Waals surface area contributed by atoms with Crippen LogP contribution in [0.25, 0.3) is 10.9 Å². The minimum atomic E-state index is 0.558. The molecule has 8 nitrogen and oxygen atoms in total. The molecule has 0 fully saturated rings. The summed E-state index contributed by atoms with van der Waals surface area (Å²) in [5.41, 5.74) is 4.53. The van der Waals surface area contributed by atoms with E-state index in [1.165, 1.54) is 0 Å². The average Bonchev–Trinajstić information content (AvgIpc) is 3.36. The SMILES string of the molecule is Cc1cc(Cn2ncc3cc(NC4=NCc5nccnc54)ccc32)no1. The lowest BCUT2D eigenvalue weighted by molar-refractivity contribution is 0.388. The van der Waals surface area contributed by atoms with Crippen molar-refractivity contribution in [3.05, 3.63) is 65.7 Å². The molecule has 1 aromatic carbocycles. The first kappa shape index (κ1) is 14.8. The van der Waals surface area contributed by atoms with Gasteiger partial charge in [-0.15, -0.1) is 0 Å². The highest BCUT2D eigenvalue weighted by molar-refractivity contribution is 6.09. The second-order valence-electron chi connectivity index (χ2n) is 6.15. The number of aryl methyl sites for hydroxylation is 1. The molecule has 0 atom stereocenters. The van der Waals surface area contributed by atoms with Crippen LogP contribution in [0.5, 0.6) is 0 Å². The number of nitrogens with one attached hydrogen (secondary N) is 1. The maximum Gasteiger partial charge on any atom is 0.154 e. The Kier molecular flexibility index (Phi) is 3.27. The molecule has 1 N–H and O–H groups in total. The lowest BCUT2D eigenvalue weighted by Gasteiger charge is -2.07. The van der Waals surface area contributed by atoms with Crippen molar-refractivity contribution in [3.8, 4) is 0 Å². The summed E-state index contributed by atoms with van der Waals surface area (Å²) in [6, 6.07) is 8.00. The standard InChI is InChI=1S/C18H15N7O/c1-11-6-14(24-26-11)10-25-16-3-2-13(7-12(16)8-22-25)23-18-17-15(9-21-18)19-4-5-20-17/h2-8H,9-10H2,1H3,(H,21,23). The van der Waals surface area contributed by atoms with Gasteiger partial charge in [-0.1, -0.05) is 5.16 Å². The molecule has 4 aromatic rings. The minimum Gasteiger partial charge on any atom is -0.361 e. The first-order chi connectivity index (χ1) is 12.8. The van der Waals surface area contributed by atoms with Crippen molar-refractivity contribution in [2.75, 3.05) is 5.32 Å². The van der Waals surface area contributed by atoms with Crippen LogP contribution in [-0.4, -0.2) is 30.7 Å². The molecule has 1 aliphatic heterocycles. The Hall–Kier alpha value is -3.55. The Bertz CT molecular complexity index is 1140. The summed E-state index contributed by atoms with van der Waals surface area (Å²) in [6.07, 6.45) is 5.21. The highest BCUT2D eigenvalue weighted by atomic mass is 16.5. The number of nitrogens with zero attached hydrogens (tertiary/aromatic N) is 6. The molecule has 26 heavy (non-hydrogen) atoms. The van der Waals surface area contributed by atoms with Crippen LogP contribution in [0.1, 0.15) is 22.8 Å². The molecule has 4 heterocycles. The molecule has 8 heteroatoms. The Morgan fingerprint density at radius 3 is 3.00 bits per heavy atom. The van der Waals surface area contributed by atoms with E-state index >= 15 is 0 Å². The van der Waals surface area contributed by atoms with Crippen LogP contribution in [0, 0.1) is 6.92 Å². The van der Waals surface area contributed by atoms with Gasteiger partial charge in [-0.2, -0.15) is 5.10 Å². The maximum absolute atomic E-state index is 5.12. The Balaban J connectivity index is 1.41. The zero-order valence-corrected chi connectivity index (χ0v) is 14.0. The largest absolute Gasteiger partial charge is 0.361 e. The second-order valence-corrected chi connectivity index (χ2v) is 6.15. The number of anilines is 1. The molecular weight excluding hydrogens is 330 g/mol. The summed E-state index contributed by atoms with van der Waals surface area (Å²) in [6.45, 7) is 3.01. The van der Waals surface area contributed by atoms with Crippen LogP contribution < -0.4 is 5.32 Å². The van der Waals surface area contributed by atoms with Crippen molar-refractivity contribution >= 4 is 22.4 Å². The predicted octanol–water partition coefficient (Wildman–Crippen LogP) is 2.54. The van der Waals surface area contributed by atoms with Crippen LogP contribution in [-0.2, 0) is 13.1 Å². The van der Waals surface area contributed by atoms with Crippen LogP contribution in [0.15, 0.2) is 52.4 Å². The van der Waals surface area contributed by atoms with E-state index in [2.05, 4.69) is 30.5 Å². The highest BCUT2D eigenvalue weighted by Crippen LogP contribution is 2.22. The molecular formula is C18H15N7O. The van der Waals surface area contributed by atoms with E-state index < -0.39 is 0 Å².